The molecule has 1 aromatic heterocycles. The van der Waals surface area contributed by atoms with Crippen LogP contribution < -0.4 is 10.5 Å². The predicted molar refractivity (Wildman–Crippen MR) is 52.9 cm³/mol. The number of benzene rings is 1. The molecular formula is C10H7F2N3O. The van der Waals surface area contributed by atoms with E-state index in [1.165, 1.54) is 12.4 Å². The third-order valence-electron chi connectivity index (χ3n) is 1.72. The van der Waals surface area contributed by atoms with E-state index >= 15 is 0 Å². The zero-order chi connectivity index (χ0) is 11.5. The maximum absolute atomic E-state index is 12.8. The van der Waals surface area contributed by atoms with Crippen LogP contribution in [0, 0.1) is 11.6 Å². The van der Waals surface area contributed by atoms with Crippen LogP contribution in [0.4, 0.5) is 14.6 Å². The molecule has 0 radical (unpaired) electrons. The van der Waals surface area contributed by atoms with E-state index in [2.05, 4.69) is 9.97 Å². The molecule has 0 amide bonds. The van der Waals surface area contributed by atoms with Crippen molar-refractivity contribution in [3.05, 3.63) is 42.2 Å². The molecule has 0 aliphatic carbocycles. The van der Waals surface area contributed by atoms with E-state index < -0.39 is 11.6 Å². The highest BCUT2D eigenvalue weighted by molar-refractivity contribution is 5.34. The van der Waals surface area contributed by atoms with Gasteiger partial charge in [-0.15, -0.1) is 0 Å². The molecule has 1 heterocycles. The number of hydrogen-bond donors (Lipinski definition) is 1. The van der Waals surface area contributed by atoms with Crippen LogP contribution in [-0.4, -0.2) is 9.97 Å². The molecule has 0 fully saturated rings. The summed E-state index contributed by atoms with van der Waals surface area (Å²) in [6, 6.07) is 4.19. The first-order valence-electron chi connectivity index (χ1n) is 4.35. The Labute approximate surface area is 89.7 Å². The number of nitrogens with zero attached hydrogens (tertiary/aromatic N) is 2. The Kier molecular flexibility index (Phi) is 2.63. The van der Waals surface area contributed by atoms with Crippen molar-refractivity contribution in [2.24, 2.45) is 0 Å². The highest BCUT2D eigenvalue weighted by Crippen LogP contribution is 2.21. The third kappa shape index (κ3) is 2.41. The minimum absolute atomic E-state index is 0.00981. The van der Waals surface area contributed by atoms with Crippen LogP contribution >= 0.6 is 0 Å². The molecule has 0 bridgehead atoms. The molecule has 2 rings (SSSR count). The van der Waals surface area contributed by atoms with Crippen LogP contribution in [0.5, 0.6) is 11.6 Å². The maximum Gasteiger partial charge on any atom is 0.224 e. The van der Waals surface area contributed by atoms with Crippen molar-refractivity contribution in [2.75, 3.05) is 5.73 Å². The molecule has 0 saturated carbocycles. The number of aromatic nitrogens is 2. The van der Waals surface area contributed by atoms with Crippen LogP contribution in [-0.2, 0) is 0 Å². The molecule has 0 spiro atoms. The van der Waals surface area contributed by atoms with Gasteiger partial charge in [-0.2, -0.15) is 0 Å². The van der Waals surface area contributed by atoms with Gasteiger partial charge < -0.3 is 10.5 Å². The van der Waals surface area contributed by atoms with Gasteiger partial charge in [-0.3, -0.25) is 0 Å². The maximum atomic E-state index is 12.8. The summed E-state index contributed by atoms with van der Waals surface area (Å²) in [6.07, 6.45) is 1.19. The molecule has 0 atom stereocenters. The summed E-state index contributed by atoms with van der Waals surface area (Å²) in [5.74, 6) is -1.11. The Balaban J connectivity index is 2.27. The van der Waals surface area contributed by atoms with E-state index in [4.69, 9.17) is 10.5 Å². The largest absolute Gasteiger partial charge is 0.439 e. The highest BCUT2D eigenvalue weighted by Gasteiger charge is 2.04. The molecule has 4 nitrogen and oxygen atoms in total. The van der Waals surface area contributed by atoms with E-state index in [0.29, 0.717) is 0 Å². The van der Waals surface area contributed by atoms with Gasteiger partial charge in [0.15, 0.2) is 0 Å². The van der Waals surface area contributed by atoms with Gasteiger partial charge in [0.2, 0.25) is 5.88 Å². The first-order chi connectivity index (χ1) is 7.63. The molecular weight excluding hydrogens is 216 g/mol. The van der Waals surface area contributed by atoms with E-state index in [-0.39, 0.29) is 17.4 Å². The Morgan fingerprint density at radius 1 is 1.00 bits per heavy atom. The highest BCUT2D eigenvalue weighted by atomic mass is 19.1. The molecule has 6 heteroatoms. The van der Waals surface area contributed by atoms with Crippen LogP contribution in [0.3, 0.4) is 0 Å². The fraction of sp³-hybridized carbons (Fsp3) is 0. The summed E-state index contributed by atoms with van der Waals surface area (Å²) >= 11 is 0. The lowest BCUT2D eigenvalue weighted by molar-refractivity contribution is 0.450. The average molecular weight is 223 g/mol. The van der Waals surface area contributed by atoms with Crippen LogP contribution in [0.1, 0.15) is 0 Å². The number of nitrogens with two attached hydrogens (primary N) is 1. The van der Waals surface area contributed by atoms with E-state index in [1.54, 1.807) is 0 Å². The quantitative estimate of drug-likeness (QED) is 0.847. The summed E-state index contributed by atoms with van der Waals surface area (Å²) in [5, 5.41) is 0. The van der Waals surface area contributed by atoms with Gasteiger partial charge in [0.25, 0.3) is 0 Å². The Morgan fingerprint density at radius 3 is 2.31 bits per heavy atom. The average Bonchev–Trinajstić information content (AvgIpc) is 2.15. The molecule has 16 heavy (non-hydrogen) atoms. The van der Waals surface area contributed by atoms with Crippen molar-refractivity contribution in [3.63, 3.8) is 0 Å². The fourth-order valence-electron chi connectivity index (χ4n) is 1.12. The van der Waals surface area contributed by atoms with Crippen LogP contribution in [0.15, 0.2) is 30.6 Å². The second kappa shape index (κ2) is 4.09. The second-order valence-corrected chi connectivity index (χ2v) is 2.99. The Bertz CT molecular complexity index is 499. The first kappa shape index (κ1) is 10.3. The van der Waals surface area contributed by atoms with Crippen molar-refractivity contribution < 1.29 is 13.5 Å². The van der Waals surface area contributed by atoms with Crippen molar-refractivity contribution in [3.8, 4) is 11.6 Å². The minimum atomic E-state index is -0.725. The Hall–Kier alpha value is -2.24. The van der Waals surface area contributed by atoms with Gasteiger partial charge in [0.1, 0.15) is 29.5 Å². The molecule has 0 aliphatic rings. The fourth-order valence-corrected chi connectivity index (χ4v) is 1.12. The number of anilines is 1. The van der Waals surface area contributed by atoms with Crippen LogP contribution in [0.2, 0.25) is 0 Å². The normalized spacial score (nSPS) is 10.1. The standard InChI is InChI=1S/C10H7F2N3O/c11-6-1-7(12)3-8(2-6)16-10-4-9(13)14-5-15-10/h1-5H,(H2,13,14,15). The van der Waals surface area contributed by atoms with Crippen LogP contribution in [0.25, 0.3) is 0 Å². The SMILES string of the molecule is Nc1cc(Oc2cc(F)cc(F)c2)ncn1. The molecule has 0 saturated heterocycles. The van der Waals surface area contributed by atoms with E-state index in [9.17, 15) is 8.78 Å². The molecule has 82 valence electrons. The Morgan fingerprint density at radius 2 is 1.69 bits per heavy atom. The van der Waals surface area contributed by atoms with E-state index in [0.717, 1.165) is 18.2 Å². The third-order valence-corrected chi connectivity index (χ3v) is 1.72. The van der Waals surface area contributed by atoms with Crippen molar-refractivity contribution in [1.82, 2.24) is 9.97 Å². The molecule has 0 unspecified atom stereocenters. The number of hydrogen-bond acceptors (Lipinski definition) is 4. The lowest BCUT2D eigenvalue weighted by Gasteiger charge is -2.04. The first-order valence-corrected chi connectivity index (χ1v) is 4.35. The second-order valence-electron chi connectivity index (χ2n) is 2.99. The van der Waals surface area contributed by atoms with Gasteiger partial charge in [0, 0.05) is 24.3 Å². The van der Waals surface area contributed by atoms with Gasteiger partial charge >= 0.3 is 0 Å². The smallest absolute Gasteiger partial charge is 0.224 e. The summed E-state index contributed by atoms with van der Waals surface area (Å²) in [5.41, 5.74) is 5.39. The van der Waals surface area contributed by atoms with Gasteiger partial charge in [-0.1, -0.05) is 0 Å². The summed E-state index contributed by atoms with van der Waals surface area (Å²) in [4.78, 5) is 7.39. The molecule has 0 aliphatic heterocycles. The number of nitrogen functional groups attached to an aromatic ring is 1. The predicted octanol–water partition coefficient (Wildman–Crippen LogP) is 2.13. The summed E-state index contributed by atoms with van der Waals surface area (Å²) in [6.45, 7) is 0. The van der Waals surface area contributed by atoms with Crippen molar-refractivity contribution >= 4 is 5.82 Å². The summed E-state index contributed by atoms with van der Waals surface area (Å²) < 4.78 is 30.8. The summed E-state index contributed by atoms with van der Waals surface area (Å²) in [7, 11) is 0. The number of halogens is 2. The van der Waals surface area contributed by atoms with Gasteiger partial charge in [-0.25, -0.2) is 18.7 Å². The topological polar surface area (TPSA) is 61.0 Å². The number of rotatable bonds is 2. The van der Waals surface area contributed by atoms with Crippen molar-refractivity contribution in [1.29, 1.82) is 0 Å². The molecule has 1 aromatic carbocycles. The van der Waals surface area contributed by atoms with Crippen molar-refractivity contribution in [2.45, 2.75) is 0 Å². The number of ether oxygens (including phenoxy) is 1. The van der Waals surface area contributed by atoms with Gasteiger partial charge in [0.05, 0.1) is 0 Å². The minimum Gasteiger partial charge on any atom is -0.439 e. The molecule has 2 N–H and O–H groups in total. The van der Waals surface area contributed by atoms with E-state index in [1.807, 2.05) is 0 Å². The lowest BCUT2D eigenvalue weighted by Crippen LogP contribution is -1.94. The zero-order valence-electron chi connectivity index (χ0n) is 8.02. The molecule has 2 aromatic rings. The van der Waals surface area contributed by atoms with Gasteiger partial charge in [-0.05, 0) is 0 Å². The zero-order valence-corrected chi connectivity index (χ0v) is 8.02. The monoisotopic (exact) mass is 223 g/mol. The lowest BCUT2D eigenvalue weighted by atomic mass is 10.3.